The molecule has 2 aromatic rings. The first-order chi connectivity index (χ1) is 9.10. The summed E-state index contributed by atoms with van der Waals surface area (Å²) in [4.78, 5) is 0. The number of rotatable bonds is 3. The summed E-state index contributed by atoms with van der Waals surface area (Å²) in [7, 11) is 0. The fraction of sp³-hybridized carbons (Fsp3) is 0.133. The number of benzene rings is 2. The van der Waals surface area contributed by atoms with E-state index in [1.807, 2.05) is 31.2 Å². The molecule has 0 amide bonds. The Hall–Kier alpha value is -1.86. The van der Waals surface area contributed by atoms with Gasteiger partial charge in [0.25, 0.3) is 0 Å². The van der Waals surface area contributed by atoms with Crippen LogP contribution < -0.4 is 5.32 Å². The highest BCUT2D eigenvalue weighted by molar-refractivity contribution is 9.10. The first-order valence-electron chi connectivity index (χ1n) is 5.78. The first-order valence-corrected chi connectivity index (χ1v) is 6.57. The molecule has 4 heteroatoms. The number of anilines is 1. The van der Waals surface area contributed by atoms with Gasteiger partial charge in [0.05, 0.1) is 6.07 Å². The van der Waals surface area contributed by atoms with Crippen molar-refractivity contribution < 1.29 is 4.39 Å². The van der Waals surface area contributed by atoms with Gasteiger partial charge in [-0.1, -0.05) is 33.6 Å². The van der Waals surface area contributed by atoms with Gasteiger partial charge in [-0.15, -0.1) is 0 Å². The third-order valence-corrected chi connectivity index (χ3v) is 3.48. The van der Waals surface area contributed by atoms with Crippen molar-refractivity contribution in [1.82, 2.24) is 0 Å². The second-order valence-corrected chi connectivity index (χ2v) is 5.09. The molecular formula is C15H12BrFN2. The lowest BCUT2D eigenvalue weighted by Gasteiger charge is -2.15. The molecule has 2 rings (SSSR count). The normalized spacial score (nSPS) is 11.7. The zero-order valence-electron chi connectivity index (χ0n) is 10.3. The van der Waals surface area contributed by atoms with Crippen molar-refractivity contribution in [2.75, 3.05) is 5.32 Å². The Kier molecular flexibility index (Phi) is 4.18. The largest absolute Gasteiger partial charge is 0.366 e. The summed E-state index contributed by atoms with van der Waals surface area (Å²) in [6.07, 6.45) is 0. The molecule has 0 spiro atoms. The van der Waals surface area contributed by atoms with Crippen LogP contribution in [0.5, 0.6) is 0 Å². The Labute approximate surface area is 120 Å². The summed E-state index contributed by atoms with van der Waals surface area (Å²) < 4.78 is 14.0. The second kappa shape index (κ2) is 5.85. The van der Waals surface area contributed by atoms with E-state index in [1.54, 1.807) is 6.07 Å². The van der Waals surface area contributed by atoms with Gasteiger partial charge in [0, 0.05) is 15.7 Å². The molecule has 0 bridgehead atoms. The van der Waals surface area contributed by atoms with Gasteiger partial charge in [-0.25, -0.2) is 4.39 Å². The monoisotopic (exact) mass is 318 g/mol. The fourth-order valence-electron chi connectivity index (χ4n) is 1.73. The van der Waals surface area contributed by atoms with Crippen molar-refractivity contribution in [3.63, 3.8) is 0 Å². The van der Waals surface area contributed by atoms with Crippen molar-refractivity contribution in [2.24, 2.45) is 0 Å². The van der Waals surface area contributed by atoms with Crippen molar-refractivity contribution in [3.8, 4) is 6.07 Å². The minimum atomic E-state index is -0.604. The molecule has 0 heterocycles. The number of hydrogen-bond donors (Lipinski definition) is 1. The van der Waals surface area contributed by atoms with Gasteiger partial charge in [-0.05, 0) is 37.3 Å². The number of aryl methyl sites for hydroxylation is 1. The number of nitrogens with zero attached hydrogens (tertiary/aromatic N) is 1. The highest BCUT2D eigenvalue weighted by atomic mass is 79.9. The summed E-state index contributed by atoms with van der Waals surface area (Å²) in [5.74, 6) is -0.357. The summed E-state index contributed by atoms with van der Waals surface area (Å²) in [6.45, 7) is 1.99. The zero-order chi connectivity index (χ0) is 13.8. The lowest BCUT2D eigenvalue weighted by Crippen LogP contribution is -2.09. The van der Waals surface area contributed by atoms with Crippen LogP contribution in [0.2, 0.25) is 0 Å². The van der Waals surface area contributed by atoms with E-state index < -0.39 is 6.04 Å². The van der Waals surface area contributed by atoms with Gasteiger partial charge < -0.3 is 5.32 Å². The van der Waals surface area contributed by atoms with E-state index in [0.717, 1.165) is 11.3 Å². The van der Waals surface area contributed by atoms with Gasteiger partial charge in [0.2, 0.25) is 0 Å². The quantitative estimate of drug-likeness (QED) is 0.899. The molecule has 0 aliphatic heterocycles. The molecule has 19 heavy (non-hydrogen) atoms. The van der Waals surface area contributed by atoms with Crippen LogP contribution in [0.1, 0.15) is 17.2 Å². The van der Waals surface area contributed by atoms with E-state index in [0.29, 0.717) is 10.0 Å². The lowest BCUT2D eigenvalue weighted by atomic mass is 10.1. The Bertz CT molecular complexity index is 617. The van der Waals surface area contributed by atoms with Gasteiger partial charge in [0.15, 0.2) is 0 Å². The van der Waals surface area contributed by atoms with Crippen molar-refractivity contribution >= 4 is 21.6 Å². The van der Waals surface area contributed by atoms with Gasteiger partial charge in [-0.2, -0.15) is 5.26 Å². The highest BCUT2D eigenvalue weighted by Gasteiger charge is 2.14. The van der Waals surface area contributed by atoms with Crippen LogP contribution in [-0.2, 0) is 0 Å². The van der Waals surface area contributed by atoms with Crippen LogP contribution in [0, 0.1) is 24.1 Å². The minimum absolute atomic E-state index is 0.357. The van der Waals surface area contributed by atoms with Gasteiger partial charge in [0.1, 0.15) is 11.9 Å². The predicted octanol–water partition coefficient (Wildman–Crippen LogP) is 4.57. The molecule has 1 atom stereocenters. The maximum Gasteiger partial charge on any atom is 0.141 e. The standard InChI is InChI=1S/C15H12BrFN2/c1-10-2-5-12(6-3-10)19-15(9-18)13-8-11(17)4-7-14(13)16/h2-8,15,19H,1H3. The Morgan fingerprint density at radius 1 is 1.21 bits per heavy atom. The van der Waals surface area contributed by atoms with E-state index in [1.165, 1.54) is 12.1 Å². The average molecular weight is 319 g/mol. The number of nitriles is 1. The molecule has 0 saturated carbocycles. The lowest BCUT2D eigenvalue weighted by molar-refractivity contribution is 0.624. The molecule has 0 fully saturated rings. The number of hydrogen-bond acceptors (Lipinski definition) is 2. The van der Waals surface area contributed by atoms with Crippen LogP contribution >= 0.6 is 15.9 Å². The summed E-state index contributed by atoms with van der Waals surface area (Å²) in [5, 5.41) is 12.3. The number of nitrogens with one attached hydrogen (secondary N) is 1. The van der Waals surface area contributed by atoms with Crippen molar-refractivity contribution in [2.45, 2.75) is 13.0 Å². The summed E-state index contributed by atoms with van der Waals surface area (Å²) >= 11 is 3.34. The van der Waals surface area contributed by atoms with E-state index in [9.17, 15) is 9.65 Å². The molecule has 1 unspecified atom stereocenters. The van der Waals surface area contributed by atoms with Crippen molar-refractivity contribution in [1.29, 1.82) is 5.26 Å². The molecular weight excluding hydrogens is 307 g/mol. The average Bonchev–Trinajstić information content (AvgIpc) is 2.41. The SMILES string of the molecule is Cc1ccc(NC(C#N)c2cc(F)ccc2Br)cc1. The second-order valence-electron chi connectivity index (χ2n) is 4.24. The minimum Gasteiger partial charge on any atom is -0.366 e. The molecule has 1 N–H and O–H groups in total. The zero-order valence-corrected chi connectivity index (χ0v) is 11.9. The number of halogens is 2. The molecule has 2 nitrogen and oxygen atoms in total. The third-order valence-electron chi connectivity index (χ3n) is 2.76. The van der Waals surface area contributed by atoms with Crippen LogP contribution in [0.25, 0.3) is 0 Å². The van der Waals surface area contributed by atoms with Gasteiger partial charge in [-0.3, -0.25) is 0 Å². The highest BCUT2D eigenvalue weighted by Crippen LogP contribution is 2.27. The summed E-state index contributed by atoms with van der Waals surface area (Å²) in [5.41, 5.74) is 2.56. The van der Waals surface area contributed by atoms with Crippen molar-refractivity contribution in [3.05, 3.63) is 63.9 Å². The smallest absolute Gasteiger partial charge is 0.141 e. The molecule has 0 saturated heterocycles. The molecule has 0 aliphatic carbocycles. The predicted molar refractivity (Wildman–Crippen MR) is 77.3 cm³/mol. The van der Waals surface area contributed by atoms with E-state index in [2.05, 4.69) is 27.3 Å². The molecule has 0 radical (unpaired) electrons. The molecule has 0 aromatic heterocycles. The van der Waals surface area contributed by atoms with Crippen LogP contribution in [0.4, 0.5) is 10.1 Å². The van der Waals surface area contributed by atoms with E-state index >= 15 is 0 Å². The maximum absolute atomic E-state index is 13.3. The van der Waals surface area contributed by atoms with Gasteiger partial charge >= 0.3 is 0 Å². The Morgan fingerprint density at radius 3 is 2.53 bits per heavy atom. The Balaban J connectivity index is 2.28. The van der Waals surface area contributed by atoms with Crippen LogP contribution in [0.15, 0.2) is 46.9 Å². The van der Waals surface area contributed by atoms with E-state index in [-0.39, 0.29) is 5.82 Å². The van der Waals surface area contributed by atoms with Crippen LogP contribution in [0.3, 0.4) is 0 Å². The topological polar surface area (TPSA) is 35.8 Å². The molecule has 2 aromatic carbocycles. The molecule has 96 valence electrons. The maximum atomic E-state index is 13.3. The van der Waals surface area contributed by atoms with E-state index in [4.69, 9.17) is 0 Å². The fourth-order valence-corrected chi connectivity index (χ4v) is 2.21. The summed E-state index contributed by atoms with van der Waals surface area (Å²) in [6, 6.07) is 13.6. The first kappa shape index (κ1) is 13.6. The van der Waals surface area contributed by atoms with Crippen LogP contribution in [-0.4, -0.2) is 0 Å². The Morgan fingerprint density at radius 2 is 1.89 bits per heavy atom. The molecule has 0 aliphatic rings. The third kappa shape index (κ3) is 3.33.